The van der Waals surface area contributed by atoms with Crippen molar-refractivity contribution in [1.82, 2.24) is 10.2 Å². The fraction of sp³-hybridized carbons (Fsp3) is 1.00. The minimum Gasteiger partial charge on any atom is -0.394 e. The summed E-state index contributed by atoms with van der Waals surface area (Å²) in [6.07, 6.45) is 0.832. The van der Waals surface area contributed by atoms with Gasteiger partial charge in [0.15, 0.2) is 0 Å². The smallest absolute Gasteiger partial charge is 0.0611 e. The number of nitrogens with one attached hydrogen (secondary N) is 1. The molecule has 0 saturated carbocycles. The molecule has 0 aromatic carbocycles. The van der Waals surface area contributed by atoms with Gasteiger partial charge in [-0.05, 0) is 26.4 Å². The van der Waals surface area contributed by atoms with E-state index in [-0.39, 0.29) is 12.1 Å². The van der Waals surface area contributed by atoms with Crippen LogP contribution in [0.3, 0.4) is 0 Å². The molecule has 2 N–H and O–H groups in total. The number of nitrogens with zero attached hydrogens (tertiary/aromatic N) is 1. The highest BCUT2D eigenvalue weighted by Gasteiger charge is 2.21. The van der Waals surface area contributed by atoms with E-state index < -0.39 is 0 Å². The number of rotatable bonds is 10. The Balaban J connectivity index is 3.84. The highest BCUT2D eigenvalue weighted by atomic mass is 16.5. The lowest BCUT2D eigenvalue weighted by atomic mass is 9.99. The van der Waals surface area contributed by atoms with E-state index in [1.807, 2.05) is 6.92 Å². The van der Waals surface area contributed by atoms with Gasteiger partial charge in [-0.3, -0.25) is 0 Å². The summed E-state index contributed by atoms with van der Waals surface area (Å²) in [4.78, 5) is 2.36. The zero-order chi connectivity index (χ0) is 12.4. The molecule has 0 spiro atoms. The van der Waals surface area contributed by atoms with E-state index in [0.29, 0.717) is 6.61 Å². The maximum absolute atomic E-state index is 9.36. The van der Waals surface area contributed by atoms with Crippen LogP contribution in [0, 0.1) is 0 Å². The Bertz CT molecular complexity index is 163. The highest BCUT2D eigenvalue weighted by Crippen LogP contribution is 2.08. The number of methoxy groups -OCH3 is 1. The summed E-state index contributed by atoms with van der Waals surface area (Å²) >= 11 is 0. The Morgan fingerprint density at radius 2 is 1.94 bits per heavy atom. The fourth-order valence-electron chi connectivity index (χ4n) is 1.61. The van der Waals surface area contributed by atoms with Crippen molar-refractivity contribution in [3.05, 3.63) is 0 Å². The molecule has 98 valence electrons. The third kappa shape index (κ3) is 6.43. The zero-order valence-corrected chi connectivity index (χ0v) is 11.3. The molecule has 16 heavy (non-hydrogen) atoms. The Labute approximate surface area is 100.0 Å². The molecule has 0 amide bonds. The van der Waals surface area contributed by atoms with E-state index in [4.69, 9.17) is 4.74 Å². The van der Waals surface area contributed by atoms with E-state index in [1.165, 1.54) is 0 Å². The standard InChI is InChI=1S/C12H28N2O2/c1-5-14(6-2)9-8-13-12(3,11-15)7-10-16-4/h13,15H,5-11H2,1-4H3. The van der Waals surface area contributed by atoms with Gasteiger partial charge in [0, 0.05) is 32.3 Å². The van der Waals surface area contributed by atoms with Gasteiger partial charge in [0.05, 0.1) is 6.61 Å². The number of aliphatic hydroxyl groups is 1. The molecule has 0 radical (unpaired) electrons. The Morgan fingerprint density at radius 1 is 1.31 bits per heavy atom. The van der Waals surface area contributed by atoms with E-state index in [0.717, 1.165) is 32.6 Å². The van der Waals surface area contributed by atoms with Gasteiger partial charge in [-0.2, -0.15) is 0 Å². The predicted octanol–water partition coefficient (Wildman–Crippen LogP) is 0.705. The first kappa shape index (κ1) is 15.8. The average Bonchev–Trinajstić information content (AvgIpc) is 2.32. The summed E-state index contributed by atoms with van der Waals surface area (Å²) in [6.45, 7) is 11.3. The van der Waals surface area contributed by atoms with Crippen molar-refractivity contribution in [1.29, 1.82) is 0 Å². The van der Waals surface area contributed by atoms with Gasteiger partial charge in [-0.25, -0.2) is 0 Å². The molecule has 4 nitrogen and oxygen atoms in total. The Morgan fingerprint density at radius 3 is 2.38 bits per heavy atom. The normalized spacial score (nSPS) is 15.4. The molecule has 0 aromatic rings. The first-order valence-corrected chi connectivity index (χ1v) is 6.19. The second-order valence-corrected chi connectivity index (χ2v) is 4.42. The first-order valence-electron chi connectivity index (χ1n) is 6.19. The van der Waals surface area contributed by atoms with Gasteiger partial charge in [-0.15, -0.1) is 0 Å². The molecule has 1 unspecified atom stereocenters. The molecular weight excluding hydrogens is 204 g/mol. The molecule has 0 fully saturated rings. The largest absolute Gasteiger partial charge is 0.394 e. The molecule has 0 aliphatic rings. The third-order valence-electron chi connectivity index (χ3n) is 3.08. The minimum atomic E-state index is -0.219. The van der Waals surface area contributed by atoms with Crippen LogP contribution in [0.5, 0.6) is 0 Å². The van der Waals surface area contributed by atoms with Crippen LogP contribution in [0.1, 0.15) is 27.2 Å². The lowest BCUT2D eigenvalue weighted by Crippen LogP contribution is -2.49. The van der Waals surface area contributed by atoms with Crippen LogP contribution in [0.2, 0.25) is 0 Å². The molecule has 0 saturated heterocycles. The molecular formula is C12H28N2O2. The molecule has 0 bridgehead atoms. The van der Waals surface area contributed by atoms with Gasteiger partial charge in [-0.1, -0.05) is 13.8 Å². The van der Waals surface area contributed by atoms with Crippen LogP contribution in [-0.4, -0.2) is 62.0 Å². The molecule has 4 heteroatoms. The van der Waals surface area contributed by atoms with E-state index in [9.17, 15) is 5.11 Å². The van der Waals surface area contributed by atoms with Crippen LogP contribution < -0.4 is 5.32 Å². The topological polar surface area (TPSA) is 44.7 Å². The SMILES string of the molecule is CCN(CC)CCNC(C)(CO)CCOC. The van der Waals surface area contributed by atoms with Crippen LogP contribution >= 0.6 is 0 Å². The van der Waals surface area contributed by atoms with Crippen molar-refractivity contribution in [2.45, 2.75) is 32.7 Å². The molecule has 0 aliphatic heterocycles. The summed E-state index contributed by atoms with van der Waals surface area (Å²) in [6, 6.07) is 0. The maximum atomic E-state index is 9.36. The van der Waals surface area contributed by atoms with Gasteiger partial charge < -0.3 is 20.1 Å². The van der Waals surface area contributed by atoms with Crippen LogP contribution in [0.4, 0.5) is 0 Å². The Hall–Kier alpha value is -0.160. The van der Waals surface area contributed by atoms with Crippen LogP contribution in [0.25, 0.3) is 0 Å². The molecule has 0 rings (SSSR count). The number of aliphatic hydroxyl groups excluding tert-OH is 1. The minimum absolute atomic E-state index is 0.147. The van der Waals surface area contributed by atoms with Crippen molar-refractivity contribution < 1.29 is 9.84 Å². The summed E-state index contributed by atoms with van der Waals surface area (Å²) in [5.74, 6) is 0. The second kappa shape index (κ2) is 8.93. The molecule has 0 heterocycles. The predicted molar refractivity (Wildman–Crippen MR) is 67.8 cm³/mol. The fourth-order valence-corrected chi connectivity index (χ4v) is 1.61. The van der Waals surface area contributed by atoms with Crippen molar-refractivity contribution in [2.75, 3.05) is 46.5 Å². The van der Waals surface area contributed by atoms with Crippen LogP contribution in [0.15, 0.2) is 0 Å². The lowest BCUT2D eigenvalue weighted by molar-refractivity contribution is 0.113. The van der Waals surface area contributed by atoms with Gasteiger partial charge in [0.25, 0.3) is 0 Å². The average molecular weight is 232 g/mol. The molecule has 1 atom stereocenters. The highest BCUT2D eigenvalue weighted by molar-refractivity contribution is 4.82. The maximum Gasteiger partial charge on any atom is 0.0611 e. The van der Waals surface area contributed by atoms with Crippen molar-refractivity contribution in [2.24, 2.45) is 0 Å². The lowest BCUT2D eigenvalue weighted by Gasteiger charge is -2.30. The molecule has 0 aliphatic carbocycles. The summed E-state index contributed by atoms with van der Waals surface area (Å²) in [7, 11) is 1.69. The summed E-state index contributed by atoms with van der Waals surface area (Å²) in [5.41, 5.74) is -0.219. The second-order valence-electron chi connectivity index (χ2n) is 4.42. The Kier molecular flexibility index (Phi) is 8.84. The van der Waals surface area contributed by atoms with Crippen molar-refractivity contribution in [3.8, 4) is 0 Å². The van der Waals surface area contributed by atoms with Gasteiger partial charge >= 0.3 is 0 Å². The van der Waals surface area contributed by atoms with Gasteiger partial charge in [0.1, 0.15) is 0 Å². The van der Waals surface area contributed by atoms with Crippen molar-refractivity contribution in [3.63, 3.8) is 0 Å². The van der Waals surface area contributed by atoms with E-state index in [1.54, 1.807) is 7.11 Å². The monoisotopic (exact) mass is 232 g/mol. The van der Waals surface area contributed by atoms with Crippen molar-refractivity contribution >= 4 is 0 Å². The third-order valence-corrected chi connectivity index (χ3v) is 3.08. The number of hydrogen-bond acceptors (Lipinski definition) is 4. The summed E-state index contributed by atoms with van der Waals surface area (Å²) < 4.78 is 5.05. The number of likely N-dealkylation sites (N-methyl/N-ethyl adjacent to an activating group) is 1. The number of hydrogen-bond donors (Lipinski definition) is 2. The summed E-state index contributed by atoms with van der Waals surface area (Å²) in [5, 5.41) is 12.8. The van der Waals surface area contributed by atoms with E-state index >= 15 is 0 Å². The quantitative estimate of drug-likeness (QED) is 0.582. The number of ether oxygens (including phenoxy) is 1. The molecule has 0 aromatic heterocycles. The zero-order valence-electron chi connectivity index (χ0n) is 11.3. The van der Waals surface area contributed by atoms with Gasteiger partial charge in [0.2, 0.25) is 0 Å². The van der Waals surface area contributed by atoms with E-state index in [2.05, 4.69) is 24.1 Å². The first-order chi connectivity index (χ1) is 7.61. The van der Waals surface area contributed by atoms with Crippen LogP contribution in [-0.2, 0) is 4.74 Å².